The molecule has 7 nitrogen and oxygen atoms in total. The van der Waals surface area contributed by atoms with Gasteiger partial charge >= 0.3 is 10.8 Å². The summed E-state index contributed by atoms with van der Waals surface area (Å²) in [5, 5.41) is 9.47. The summed E-state index contributed by atoms with van der Waals surface area (Å²) in [5.41, 5.74) is -0.146. The molecule has 0 aliphatic rings. The van der Waals surface area contributed by atoms with Crippen molar-refractivity contribution in [2.45, 2.75) is 6.54 Å². The Morgan fingerprint density at radius 2 is 1.96 bits per heavy atom. The second kappa shape index (κ2) is 6.40. The number of hydrogen-bond donors (Lipinski definition) is 1. The van der Waals surface area contributed by atoms with E-state index < -0.39 is 17.0 Å². The molecule has 3 rings (SSSR count). The number of carboxylic acids is 1. The number of rotatable bonds is 6. The van der Waals surface area contributed by atoms with Gasteiger partial charge in [-0.3, -0.25) is 14.2 Å². The van der Waals surface area contributed by atoms with Crippen molar-refractivity contribution in [3.8, 4) is 0 Å². The SMILES string of the molecule is C=CCOn1cc(C(=O)O)c(=O)c2c3sc(=O)n(CC=C)c3ccc21. The third kappa shape index (κ3) is 2.66. The fourth-order valence-corrected chi connectivity index (χ4v) is 3.64. The molecular formula is C17H14N2O5S. The van der Waals surface area contributed by atoms with E-state index in [2.05, 4.69) is 13.2 Å². The fourth-order valence-electron chi connectivity index (χ4n) is 2.60. The number of nitrogens with zero attached hydrogens (tertiary/aromatic N) is 2. The molecule has 2 heterocycles. The van der Waals surface area contributed by atoms with Gasteiger partial charge in [-0.25, -0.2) is 4.79 Å². The van der Waals surface area contributed by atoms with E-state index in [0.717, 1.165) is 17.5 Å². The van der Waals surface area contributed by atoms with Crippen LogP contribution in [0.15, 0.2) is 53.2 Å². The van der Waals surface area contributed by atoms with E-state index in [1.807, 2.05) is 0 Å². The molecule has 0 radical (unpaired) electrons. The minimum atomic E-state index is -1.36. The van der Waals surface area contributed by atoms with Crippen molar-refractivity contribution in [3.63, 3.8) is 0 Å². The highest BCUT2D eigenvalue weighted by molar-refractivity contribution is 7.17. The maximum Gasteiger partial charge on any atom is 0.341 e. The summed E-state index contributed by atoms with van der Waals surface area (Å²) >= 11 is 0.893. The summed E-state index contributed by atoms with van der Waals surface area (Å²) < 4.78 is 3.13. The second-order valence-electron chi connectivity index (χ2n) is 5.16. The summed E-state index contributed by atoms with van der Waals surface area (Å²) in [6.45, 7) is 7.59. The maximum atomic E-state index is 12.7. The van der Waals surface area contributed by atoms with Crippen molar-refractivity contribution in [1.82, 2.24) is 9.30 Å². The van der Waals surface area contributed by atoms with Gasteiger partial charge in [0.15, 0.2) is 0 Å². The number of aromatic nitrogens is 2. The third-order valence-corrected chi connectivity index (χ3v) is 4.66. The first-order valence-corrected chi connectivity index (χ1v) is 8.11. The highest BCUT2D eigenvalue weighted by Gasteiger charge is 2.20. The topological polar surface area (TPSA) is 90.5 Å². The minimum Gasteiger partial charge on any atom is -0.477 e. The number of aromatic carboxylic acids is 1. The summed E-state index contributed by atoms with van der Waals surface area (Å²) in [7, 11) is 0. The molecule has 0 fully saturated rings. The van der Waals surface area contributed by atoms with Crippen LogP contribution in [0, 0.1) is 0 Å². The van der Waals surface area contributed by atoms with Crippen LogP contribution in [-0.4, -0.2) is 27.0 Å². The summed E-state index contributed by atoms with van der Waals surface area (Å²) in [5.74, 6) is -1.36. The average Bonchev–Trinajstić information content (AvgIpc) is 2.90. The molecule has 0 atom stereocenters. The third-order valence-electron chi connectivity index (χ3n) is 3.64. The van der Waals surface area contributed by atoms with Gasteiger partial charge in [-0.1, -0.05) is 30.1 Å². The van der Waals surface area contributed by atoms with E-state index in [-0.39, 0.29) is 16.9 Å². The molecule has 128 valence electrons. The highest BCUT2D eigenvalue weighted by atomic mass is 32.1. The van der Waals surface area contributed by atoms with Gasteiger partial charge in [0.1, 0.15) is 12.2 Å². The van der Waals surface area contributed by atoms with Crippen molar-refractivity contribution >= 4 is 38.4 Å². The van der Waals surface area contributed by atoms with Gasteiger partial charge in [0, 0.05) is 6.54 Å². The van der Waals surface area contributed by atoms with E-state index in [0.29, 0.717) is 22.3 Å². The molecule has 8 heteroatoms. The largest absolute Gasteiger partial charge is 0.477 e. The smallest absolute Gasteiger partial charge is 0.341 e. The number of benzene rings is 1. The molecule has 0 unspecified atom stereocenters. The standard InChI is InChI=1S/C17H14N2O5S/c1-3-7-18-12-6-5-11-13(15(12)25-17(18)23)14(20)10(16(21)22)9-19(11)24-8-4-2/h3-6,9H,1-2,7-8H2,(H,21,22). The van der Waals surface area contributed by atoms with Gasteiger partial charge in [0.2, 0.25) is 5.43 Å². The van der Waals surface area contributed by atoms with E-state index in [1.165, 1.54) is 15.4 Å². The highest BCUT2D eigenvalue weighted by Crippen LogP contribution is 2.26. The van der Waals surface area contributed by atoms with Gasteiger partial charge in [-0.05, 0) is 12.1 Å². The van der Waals surface area contributed by atoms with E-state index in [4.69, 9.17) is 4.84 Å². The number of fused-ring (bicyclic) bond motifs is 3. The van der Waals surface area contributed by atoms with E-state index in [1.54, 1.807) is 18.2 Å². The number of allylic oxidation sites excluding steroid dienone is 1. The Hall–Kier alpha value is -3.13. The number of pyridine rings is 1. The van der Waals surface area contributed by atoms with Crippen LogP contribution >= 0.6 is 11.3 Å². The first-order chi connectivity index (χ1) is 12.0. The van der Waals surface area contributed by atoms with Crippen molar-refractivity contribution in [3.05, 3.63) is 69.1 Å². The van der Waals surface area contributed by atoms with Crippen LogP contribution in [-0.2, 0) is 6.54 Å². The van der Waals surface area contributed by atoms with E-state index >= 15 is 0 Å². The lowest BCUT2D eigenvalue weighted by atomic mass is 10.1. The Morgan fingerprint density at radius 3 is 2.60 bits per heavy atom. The van der Waals surface area contributed by atoms with Crippen LogP contribution in [0.25, 0.3) is 21.1 Å². The molecule has 25 heavy (non-hydrogen) atoms. The Balaban J connectivity index is 2.49. The summed E-state index contributed by atoms with van der Waals surface area (Å²) in [6.07, 6.45) is 4.21. The first-order valence-electron chi connectivity index (χ1n) is 7.29. The predicted octanol–water partition coefficient (Wildman–Crippen LogP) is 1.88. The number of carbonyl (C=O) groups is 1. The van der Waals surface area contributed by atoms with Crippen LogP contribution in [0.1, 0.15) is 10.4 Å². The average molecular weight is 358 g/mol. The van der Waals surface area contributed by atoms with Crippen LogP contribution in [0.4, 0.5) is 0 Å². The number of thiazole rings is 1. The quantitative estimate of drug-likeness (QED) is 0.680. The molecule has 0 spiro atoms. The lowest BCUT2D eigenvalue weighted by Gasteiger charge is -2.12. The van der Waals surface area contributed by atoms with Gasteiger partial charge in [0.25, 0.3) is 0 Å². The first kappa shape index (κ1) is 16.7. The normalized spacial score (nSPS) is 10.9. The lowest BCUT2D eigenvalue weighted by molar-refractivity contribution is 0.0689. The maximum absolute atomic E-state index is 12.7. The molecule has 0 amide bonds. The Bertz CT molecular complexity index is 1140. The zero-order valence-electron chi connectivity index (χ0n) is 13.1. The monoisotopic (exact) mass is 358 g/mol. The van der Waals surface area contributed by atoms with Gasteiger partial charge in [0.05, 0.1) is 27.3 Å². The van der Waals surface area contributed by atoms with Crippen LogP contribution < -0.4 is 15.1 Å². The molecule has 3 aromatic rings. The molecule has 0 aliphatic heterocycles. The van der Waals surface area contributed by atoms with Crippen LogP contribution in [0.2, 0.25) is 0 Å². The predicted molar refractivity (Wildman–Crippen MR) is 96.7 cm³/mol. The lowest BCUT2D eigenvalue weighted by Crippen LogP contribution is -2.22. The molecule has 0 saturated heterocycles. The molecule has 1 N–H and O–H groups in total. The van der Waals surface area contributed by atoms with Crippen LogP contribution in [0.3, 0.4) is 0 Å². The van der Waals surface area contributed by atoms with Crippen molar-refractivity contribution in [2.24, 2.45) is 0 Å². The molecule has 0 aliphatic carbocycles. The summed E-state index contributed by atoms with van der Waals surface area (Å²) in [4.78, 5) is 41.6. The van der Waals surface area contributed by atoms with Crippen molar-refractivity contribution < 1.29 is 14.7 Å². The fraction of sp³-hybridized carbons (Fsp3) is 0.118. The van der Waals surface area contributed by atoms with Crippen molar-refractivity contribution in [2.75, 3.05) is 6.61 Å². The van der Waals surface area contributed by atoms with Gasteiger partial charge < -0.3 is 9.94 Å². The Labute approximate surface area is 145 Å². The number of hydrogen-bond acceptors (Lipinski definition) is 5. The van der Waals surface area contributed by atoms with E-state index in [9.17, 15) is 19.5 Å². The number of carboxylic acid groups (broad SMARTS) is 1. The van der Waals surface area contributed by atoms with Crippen LogP contribution in [0.5, 0.6) is 0 Å². The second-order valence-corrected chi connectivity index (χ2v) is 6.12. The van der Waals surface area contributed by atoms with Crippen molar-refractivity contribution in [1.29, 1.82) is 0 Å². The molecule has 1 aromatic carbocycles. The Kier molecular flexibility index (Phi) is 4.28. The zero-order chi connectivity index (χ0) is 18.1. The molecular weight excluding hydrogens is 344 g/mol. The molecule has 0 saturated carbocycles. The molecule has 2 aromatic heterocycles. The molecule has 0 bridgehead atoms. The summed E-state index contributed by atoms with van der Waals surface area (Å²) in [6, 6.07) is 3.33. The minimum absolute atomic E-state index is 0.128. The zero-order valence-corrected chi connectivity index (χ0v) is 13.9. The Morgan fingerprint density at radius 1 is 1.24 bits per heavy atom. The van der Waals surface area contributed by atoms with Gasteiger partial charge in [-0.15, -0.1) is 6.58 Å². The van der Waals surface area contributed by atoms with Gasteiger partial charge in [-0.2, -0.15) is 4.73 Å².